The molecule has 0 aliphatic rings. The molecule has 2 rings (SSSR count). The third kappa shape index (κ3) is 3.10. The van der Waals surface area contributed by atoms with Gasteiger partial charge in [0.1, 0.15) is 5.69 Å². The molecule has 1 aromatic heterocycles. The van der Waals surface area contributed by atoms with Crippen LogP contribution in [-0.2, 0) is 7.05 Å². The van der Waals surface area contributed by atoms with Crippen molar-refractivity contribution in [1.82, 2.24) is 15.1 Å². The van der Waals surface area contributed by atoms with E-state index in [-0.39, 0.29) is 6.04 Å². The lowest BCUT2D eigenvalue weighted by atomic mass is 9.93. The van der Waals surface area contributed by atoms with Crippen LogP contribution < -0.4 is 10.1 Å². The monoisotopic (exact) mass is 287 g/mol. The zero-order valence-corrected chi connectivity index (χ0v) is 13.6. The molecule has 2 aromatic rings. The third-order valence-corrected chi connectivity index (χ3v) is 3.87. The number of hydrogen-bond donors (Lipinski definition) is 1. The maximum Gasteiger partial charge on any atom is 0.161 e. The average molecular weight is 287 g/mol. The molecular weight excluding hydrogens is 262 g/mol. The predicted octanol–water partition coefficient (Wildman–Crippen LogP) is 3.13. The first-order valence-corrected chi connectivity index (χ1v) is 7.45. The lowest BCUT2D eigenvalue weighted by Crippen LogP contribution is -2.27. The minimum Gasteiger partial charge on any atom is -0.493 e. The van der Waals surface area contributed by atoms with Crippen molar-refractivity contribution in [2.75, 3.05) is 13.7 Å². The van der Waals surface area contributed by atoms with Gasteiger partial charge in [0.25, 0.3) is 0 Å². The molecule has 4 nitrogen and oxygen atoms in total. The highest BCUT2D eigenvalue weighted by Gasteiger charge is 2.24. The number of benzene rings is 1. The van der Waals surface area contributed by atoms with Crippen LogP contribution in [-0.4, -0.2) is 23.4 Å². The summed E-state index contributed by atoms with van der Waals surface area (Å²) in [5.41, 5.74) is 4.95. The number of nitrogens with zero attached hydrogens (tertiary/aromatic N) is 2. The van der Waals surface area contributed by atoms with E-state index in [9.17, 15) is 0 Å². The first kappa shape index (κ1) is 15.6. The zero-order valence-electron chi connectivity index (χ0n) is 13.6. The molecule has 1 atom stereocenters. The standard InChI is InChI=1S/C17H25N3O/c1-6-10-18-16(15-12(2)8-7-9-13(15)3)17-14(21-5)11-19-20(17)4/h7-9,11,16,18H,6,10H2,1-5H3. The Labute approximate surface area is 127 Å². The minimum atomic E-state index is 0.0913. The van der Waals surface area contributed by atoms with Crippen LogP contribution in [0.25, 0.3) is 0 Å². The lowest BCUT2D eigenvalue weighted by molar-refractivity contribution is 0.400. The summed E-state index contributed by atoms with van der Waals surface area (Å²) in [4.78, 5) is 0. The van der Waals surface area contributed by atoms with Gasteiger partial charge in [-0.25, -0.2) is 0 Å². The number of rotatable bonds is 6. The van der Waals surface area contributed by atoms with Gasteiger partial charge in [0, 0.05) is 7.05 Å². The Morgan fingerprint density at radius 3 is 2.52 bits per heavy atom. The molecule has 114 valence electrons. The number of nitrogens with one attached hydrogen (secondary N) is 1. The highest BCUT2D eigenvalue weighted by atomic mass is 16.5. The van der Waals surface area contributed by atoms with Crippen LogP contribution in [0.2, 0.25) is 0 Å². The Morgan fingerprint density at radius 2 is 1.95 bits per heavy atom. The lowest BCUT2D eigenvalue weighted by Gasteiger charge is -2.24. The summed E-state index contributed by atoms with van der Waals surface area (Å²) in [5, 5.41) is 8.00. The first-order chi connectivity index (χ1) is 10.1. The fourth-order valence-corrected chi connectivity index (χ4v) is 2.82. The van der Waals surface area contributed by atoms with Crippen LogP contribution >= 0.6 is 0 Å². The molecule has 0 fully saturated rings. The molecule has 0 bridgehead atoms. The Morgan fingerprint density at radius 1 is 1.29 bits per heavy atom. The van der Waals surface area contributed by atoms with Crippen molar-refractivity contribution in [3.63, 3.8) is 0 Å². The van der Waals surface area contributed by atoms with Crippen molar-refractivity contribution in [2.24, 2.45) is 7.05 Å². The third-order valence-electron chi connectivity index (χ3n) is 3.87. The van der Waals surface area contributed by atoms with Crippen LogP contribution in [0.5, 0.6) is 5.75 Å². The van der Waals surface area contributed by atoms with Gasteiger partial charge in [-0.15, -0.1) is 0 Å². The molecule has 0 saturated carbocycles. The predicted molar refractivity (Wildman–Crippen MR) is 85.8 cm³/mol. The molecule has 0 saturated heterocycles. The van der Waals surface area contributed by atoms with Gasteiger partial charge in [-0.3, -0.25) is 4.68 Å². The van der Waals surface area contributed by atoms with Gasteiger partial charge in [0.2, 0.25) is 0 Å². The molecule has 0 spiro atoms. The summed E-state index contributed by atoms with van der Waals surface area (Å²) in [6.45, 7) is 7.44. The van der Waals surface area contributed by atoms with E-state index in [4.69, 9.17) is 4.74 Å². The zero-order chi connectivity index (χ0) is 15.4. The molecule has 21 heavy (non-hydrogen) atoms. The van der Waals surface area contributed by atoms with Gasteiger partial charge < -0.3 is 10.1 Å². The highest BCUT2D eigenvalue weighted by Crippen LogP contribution is 2.33. The van der Waals surface area contributed by atoms with Gasteiger partial charge in [0.05, 0.1) is 19.3 Å². The quantitative estimate of drug-likeness (QED) is 0.887. The van der Waals surface area contributed by atoms with Crippen molar-refractivity contribution in [3.8, 4) is 5.75 Å². The van der Waals surface area contributed by atoms with Gasteiger partial charge in [0.15, 0.2) is 5.75 Å². The molecule has 0 amide bonds. The molecule has 0 aliphatic carbocycles. The van der Waals surface area contributed by atoms with E-state index in [2.05, 4.69) is 49.4 Å². The van der Waals surface area contributed by atoms with Crippen LogP contribution in [0.3, 0.4) is 0 Å². The van der Waals surface area contributed by atoms with E-state index in [1.165, 1.54) is 16.7 Å². The number of aromatic nitrogens is 2. The van der Waals surface area contributed by atoms with E-state index in [1.807, 2.05) is 11.7 Å². The molecule has 0 radical (unpaired) electrons. The second kappa shape index (κ2) is 6.76. The molecule has 1 heterocycles. The van der Waals surface area contributed by atoms with Gasteiger partial charge in [-0.2, -0.15) is 5.10 Å². The summed E-state index contributed by atoms with van der Waals surface area (Å²) in [6.07, 6.45) is 2.87. The molecule has 1 unspecified atom stereocenters. The van der Waals surface area contributed by atoms with Crippen LogP contribution in [0.15, 0.2) is 24.4 Å². The number of hydrogen-bond acceptors (Lipinski definition) is 3. The molecular formula is C17H25N3O. The second-order valence-corrected chi connectivity index (χ2v) is 5.41. The van der Waals surface area contributed by atoms with Crippen LogP contribution in [0.1, 0.15) is 41.8 Å². The Hall–Kier alpha value is -1.81. The molecule has 4 heteroatoms. The maximum atomic E-state index is 5.51. The van der Waals surface area contributed by atoms with Gasteiger partial charge in [-0.05, 0) is 43.5 Å². The van der Waals surface area contributed by atoms with Gasteiger partial charge in [-0.1, -0.05) is 25.1 Å². The maximum absolute atomic E-state index is 5.51. The highest BCUT2D eigenvalue weighted by molar-refractivity contribution is 5.43. The van der Waals surface area contributed by atoms with E-state index in [0.717, 1.165) is 24.4 Å². The largest absolute Gasteiger partial charge is 0.493 e. The summed E-state index contributed by atoms with van der Waals surface area (Å²) in [6, 6.07) is 6.51. The fourth-order valence-electron chi connectivity index (χ4n) is 2.82. The topological polar surface area (TPSA) is 39.1 Å². The van der Waals surface area contributed by atoms with Crippen molar-refractivity contribution in [3.05, 3.63) is 46.8 Å². The summed E-state index contributed by atoms with van der Waals surface area (Å²) >= 11 is 0. The van der Waals surface area contributed by atoms with Crippen molar-refractivity contribution in [2.45, 2.75) is 33.2 Å². The normalized spacial score (nSPS) is 12.4. The van der Waals surface area contributed by atoms with E-state index in [0.29, 0.717) is 0 Å². The minimum absolute atomic E-state index is 0.0913. The summed E-state index contributed by atoms with van der Waals surface area (Å²) in [7, 11) is 3.66. The first-order valence-electron chi connectivity index (χ1n) is 7.45. The van der Waals surface area contributed by atoms with E-state index in [1.54, 1.807) is 13.3 Å². The summed E-state index contributed by atoms with van der Waals surface area (Å²) in [5.74, 6) is 0.828. The Bertz CT molecular complexity index is 584. The van der Waals surface area contributed by atoms with E-state index < -0.39 is 0 Å². The van der Waals surface area contributed by atoms with Crippen LogP contribution in [0, 0.1) is 13.8 Å². The second-order valence-electron chi connectivity index (χ2n) is 5.41. The number of methoxy groups -OCH3 is 1. The van der Waals surface area contributed by atoms with Crippen molar-refractivity contribution < 1.29 is 4.74 Å². The SMILES string of the molecule is CCCNC(c1c(C)cccc1C)c1c(OC)cnn1C. The number of ether oxygens (including phenoxy) is 1. The Balaban J connectivity index is 2.55. The Kier molecular flexibility index (Phi) is 5.02. The van der Waals surface area contributed by atoms with Gasteiger partial charge >= 0.3 is 0 Å². The molecule has 1 aromatic carbocycles. The van der Waals surface area contributed by atoms with Crippen LogP contribution in [0.4, 0.5) is 0 Å². The smallest absolute Gasteiger partial charge is 0.161 e. The molecule has 0 aliphatic heterocycles. The molecule has 1 N–H and O–H groups in total. The average Bonchev–Trinajstić information content (AvgIpc) is 2.83. The van der Waals surface area contributed by atoms with E-state index >= 15 is 0 Å². The van der Waals surface area contributed by atoms with Crippen molar-refractivity contribution in [1.29, 1.82) is 0 Å². The number of aryl methyl sites for hydroxylation is 3. The summed E-state index contributed by atoms with van der Waals surface area (Å²) < 4.78 is 7.41. The van der Waals surface area contributed by atoms with Crippen molar-refractivity contribution >= 4 is 0 Å². The fraction of sp³-hybridized carbons (Fsp3) is 0.471.